The number of amides is 1. The van der Waals surface area contributed by atoms with Gasteiger partial charge in [0.2, 0.25) is 5.95 Å². The number of aromatic nitrogens is 2. The van der Waals surface area contributed by atoms with Crippen LogP contribution in [0.15, 0.2) is 36.5 Å². The fraction of sp³-hybridized carbons (Fsp3) is 0.421. The number of carbonyl (C=O) groups excluding carboxylic acids is 1. The Morgan fingerprint density at radius 3 is 2.54 bits per heavy atom. The molecule has 0 bridgehead atoms. The minimum atomic E-state index is -0.376. The van der Waals surface area contributed by atoms with Crippen molar-refractivity contribution in [3.05, 3.63) is 47.7 Å². The van der Waals surface area contributed by atoms with Crippen LogP contribution in [0.1, 0.15) is 44.4 Å². The standard InChI is InChI=1S/C16H17ClN4O2.C3H8/c1-11(13-4-2-12(10-17)3-5-13)19-15-18-7-6-14(20-15)21-8-9-23-16(21)22;1-3-2/h2-7,11H,8-10H2,1H3,(H,18,19,20);3H2,1-2H3. The van der Waals surface area contributed by atoms with Gasteiger partial charge < -0.3 is 10.1 Å². The number of rotatable bonds is 5. The van der Waals surface area contributed by atoms with Crippen LogP contribution in [0.5, 0.6) is 0 Å². The van der Waals surface area contributed by atoms with E-state index in [0.29, 0.717) is 30.8 Å². The fourth-order valence-corrected chi connectivity index (χ4v) is 2.52. The summed E-state index contributed by atoms with van der Waals surface area (Å²) in [6.07, 6.45) is 2.50. The molecule has 0 radical (unpaired) electrons. The number of nitrogens with one attached hydrogen (secondary N) is 1. The molecule has 6 nitrogen and oxygen atoms in total. The second-order valence-electron chi connectivity index (χ2n) is 5.95. The van der Waals surface area contributed by atoms with E-state index >= 15 is 0 Å². The molecule has 1 atom stereocenters. The first kappa shape index (κ1) is 20.0. The molecule has 1 amide bonds. The summed E-state index contributed by atoms with van der Waals surface area (Å²) in [6, 6.07) is 9.77. The Bertz CT molecular complexity index is 709. The minimum absolute atomic E-state index is 0.0279. The molecule has 140 valence electrons. The molecule has 0 saturated carbocycles. The van der Waals surface area contributed by atoms with E-state index in [1.807, 2.05) is 31.2 Å². The molecule has 1 aromatic carbocycles. The summed E-state index contributed by atoms with van der Waals surface area (Å²) >= 11 is 5.80. The molecule has 1 aliphatic heterocycles. The average Bonchev–Trinajstić information content (AvgIpc) is 3.08. The Morgan fingerprint density at radius 2 is 1.96 bits per heavy atom. The molecule has 2 heterocycles. The summed E-state index contributed by atoms with van der Waals surface area (Å²) in [6.45, 7) is 7.16. The fourth-order valence-electron chi connectivity index (χ4n) is 2.34. The van der Waals surface area contributed by atoms with E-state index in [1.54, 1.807) is 12.3 Å². The highest BCUT2D eigenvalue weighted by molar-refractivity contribution is 6.17. The lowest BCUT2D eigenvalue weighted by Crippen LogP contribution is -2.25. The van der Waals surface area contributed by atoms with Gasteiger partial charge >= 0.3 is 6.09 Å². The molecule has 26 heavy (non-hydrogen) atoms. The van der Waals surface area contributed by atoms with E-state index in [9.17, 15) is 4.79 Å². The van der Waals surface area contributed by atoms with Gasteiger partial charge in [0.15, 0.2) is 0 Å². The van der Waals surface area contributed by atoms with E-state index in [-0.39, 0.29) is 12.1 Å². The molecule has 1 aliphatic rings. The van der Waals surface area contributed by atoms with Crippen molar-refractivity contribution >= 4 is 29.5 Å². The summed E-state index contributed by atoms with van der Waals surface area (Å²) in [5.41, 5.74) is 2.18. The number of cyclic esters (lactones) is 1. The third-order valence-electron chi connectivity index (χ3n) is 3.66. The molecular weight excluding hydrogens is 352 g/mol. The normalized spacial score (nSPS) is 14.3. The Kier molecular flexibility index (Phi) is 7.66. The van der Waals surface area contributed by atoms with Crippen molar-refractivity contribution in [2.45, 2.75) is 39.1 Å². The van der Waals surface area contributed by atoms with Crippen molar-refractivity contribution in [3.8, 4) is 0 Å². The van der Waals surface area contributed by atoms with E-state index < -0.39 is 0 Å². The van der Waals surface area contributed by atoms with Crippen LogP contribution in [0.25, 0.3) is 0 Å². The highest BCUT2D eigenvalue weighted by Gasteiger charge is 2.25. The predicted molar refractivity (Wildman–Crippen MR) is 105 cm³/mol. The monoisotopic (exact) mass is 376 g/mol. The maximum atomic E-state index is 11.6. The van der Waals surface area contributed by atoms with Crippen LogP contribution >= 0.6 is 11.6 Å². The number of alkyl halides is 1. The van der Waals surface area contributed by atoms with Crippen LogP contribution in [0.2, 0.25) is 0 Å². The van der Waals surface area contributed by atoms with Gasteiger partial charge in [-0.25, -0.2) is 9.78 Å². The number of anilines is 2. The molecule has 0 spiro atoms. The van der Waals surface area contributed by atoms with Gasteiger partial charge in [0.1, 0.15) is 12.4 Å². The summed E-state index contributed by atoms with van der Waals surface area (Å²) in [5, 5.41) is 3.24. The van der Waals surface area contributed by atoms with E-state index in [2.05, 4.69) is 29.1 Å². The number of nitrogens with zero attached hydrogens (tertiary/aromatic N) is 3. The van der Waals surface area contributed by atoms with Crippen LogP contribution in [-0.2, 0) is 10.6 Å². The second-order valence-corrected chi connectivity index (χ2v) is 6.22. The number of hydrogen-bond acceptors (Lipinski definition) is 5. The summed E-state index contributed by atoms with van der Waals surface area (Å²) in [5.74, 6) is 1.50. The predicted octanol–water partition coefficient (Wildman–Crippen LogP) is 4.76. The first-order valence-electron chi connectivity index (χ1n) is 8.77. The van der Waals surface area contributed by atoms with Gasteiger partial charge in [-0.2, -0.15) is 4.98 Å². The zero-order valence-electron chi connectivity index (χ0n) is 15.4. The Balaban J connectivity index is 0.000000758. The highest BCUT2D eigenvalue weighted by atomic mass is 35.5. The lowest BCUT2D eigenvalue weighted by molar-refractivity contribution is 0.181. The SMILES string of the molecule is CC(Nc1nccc(N2CCOC2=O)n1)c1ccc(CCl)cc1.CCC. The van der Waals surface area contributed by atoms with Crippen molar-refractivity contribution < 1.29 is 9.53 Å². The van der Waals surface area contributed by atoms with Gasteiger partial charge in [-0.15, -0.1) is 11.6 Å². The van der Waals surface area contributed by atoms with Crippen molar-refractivity contribution in [2.24, 2.45) is 0 Å². The van der Waals surface area contributed by atoms with E-state index in [4.69, 9.17) is 16.3 Å². The zero-order chi connectivity index (χ0) is 18.9. The summed E-state index contributed by atoms with van der Waals surface area (Å²) < 4.78 is 4.93. The number of halogens is 1. The van der Waals surface area contributed by atoms with Gasteiger partial charge in [-0.05, 0) is 24.1 Å². The molecule has 1 unspecified atom stereocenters. The number of ether oxygens (including phenoxy) is 1. The second kappa shape index (κ2) is 9.97. The van der Waals surface area contributed by atoms with Crippen LogP contribution in [0.4, 0.5) is 16.6 Å². The van der Waals surface area contributed by atoms with Crippen LogP contribution in [0.3, 0.4) is 0 Å². The first-order chi connectivity index (χ1) is 12.6. The zero-order valence-corrected chi connectivity index (χ0v) is 16.2. The highest BCUT2D eigenvalue weighted by Crippen LogP contribution is 2.21. The van der Waals surface area contributed by atoms with Gasteiger partial charge in [0, 0.05) is 12.1 Å². The molecule has 3 rings (SSSR count). The molecule has 2 aromatic rings. The maximum absolute atomic E-state index is 11.6. The molecular formula is C19H25ClN4O2. The topological polar surface area (TPSA) is 67.3 Å². The molecule has 1 fully saturated rings. The van der Waals surface area contributed by atoms with Crippen molar-refractivity contribution in [3.63, 3.8) is 0 Å². The minimum Gasteiger partial charge on any atom is -0.447 e. The van der Waals surface area contributed by atoms with Crippen LogP contribution in [0, 0.1) is 0 Å². The van der Waals surface area contributed by atoms with Crippen LogP contribution in [-0.4, -0.2) is 29.2 Å². The van der Waals surface area contributed by atoms with Crippen molar-refractivity contribution in [2.75, 3.05) is 23.4 Å². The summed E-state index contributed by atoms with van der Waals surface area (Å²) in [7, 11) is 0. The van der Waals surface area contributed by atoms with Crippen molar-refractivity contribution in [1.29, 1.82) is 0 Å². The number of carbonyl (C=O) groups is 1. The molecule has 0 aliphatic carbocycles. The number of hydrogen-bond donors (Lipinski definition) is 1. The van der Waals surface area contributed by atoms with Gasteiger partial charge in [0.05, 0.1) is 12.6 Å². The molecule has 1 aromatic heterocycles. The molecule has 1 N–H and O–H groups in total. The smallest absolute Gasteiger partial charge is 0.415 e. The Labute approximate surface area is 159 Å². The average molecular weight is 377 g/mol. The lowest BCUT2D eigenvalue weighted by Gasteiger charge is -2.16. The number of benzene rings is 1. The third-order valence-corrected chi connectivity index (χ3v) is 3.97. The third kappa shape index (κ3) is 5.33. The van der Waals surface area contributed by atoms with E-state index in [1.165, 1.54) is 11.3 Å². The Hall–Kier alpha value is -2.34. The molecule has 1 saturated heterocycles. The van der Waals surface area contributed by atoms with E-state index in [0.717, 1.165) is 11.1 Å². The lowest BCUT2D eigenvalue weighted by atomic mass is 10.1. The van der Waals surface area contributed by atoms with Crippen LogP contribution < -0.4 is 10.2 Å². The molecule has 7 heteroatoms. The largest absolute Gasteiger partial charge is 0.447 e. The van der Waals surface area contributed by atoms with Gasteiger partial charge in [-0.1, -0.05) is 44.5 Å². The van der Waals surface area contributed by atoms with Crippen molar-refractivity contribution in [1.82, 2.24) is 9.97 Å². The van der Waals surface area contributed by atoms with Gasteiger partial charge in [-0.3, -0.25) is 4.90 Å². The van der Waals surface area contributed by atoms with Gasteiger partial charge in [0.25, 0.3) is 0 Å². The quantitative estimate of drug-likeness (QED) is 0.762. The Morgan fingerprint density at radius 1 is 1.27 bits per heavy atom. The maximum Gasteiger partial charge on any atom is 0.415 e. The summed E-state index contributed by atoms with van der Waals surface area (Å²) in [4.78, 5) is 21.7. The first-order valence-corrected chi connectivity index (χ1v) is 9.31.